The van der Waals surface area contributed by atoms with Crippen molar-refractivity contribution in [2.24, 2.45) is 0 Å². The van der Waals surface area contributed by atoms with E-state index >= 15 is 0 Å². The first-order valence-corrected chi connectivity index (χ1v) is 9.17. The average molecular weight is 390 g/mol. The number of para-hydroxylation sites is 1. The van der Waals surface area contributed by atoms with Gasteiger partial charge >= 0.3 is 0 Å². The number of carbonyl (C=O) groups excluding carboxylic acids is 2. The van der Waals surface area contributed by atoms with E-state index in [2.05, 4.69) is 20.7 Å². The SMILES string of the molecule is Cc1nc2c(C#N)c[nH]n2c(=O)c1CC(=O)Nc1ccccc1C(=O)NC1CC1. The molecule has 0 radical (unpaired) electrons. The number of anilines is 1. The molecule has 1 fully saturated rings. The quantitative estimate of drug-likeness (QED) is 0.604. The lowest BCUT2D eigenvalue weighted by atomic mass is 10.1. The van der Waals surface area contributed by atoms with E-state index in [1.54, 1.807) is 31.2 Å². The van der Waals surface area contributed by atoms with Crippen LogP contribution in [0.5, 0.6) is 0 Å². The highest BCUT2D eigenvalue weighted by Gasteiger charge is 2.25. The van der Waals surface area contributed by atoms with Crippen LogP contribution in [0.1, 0.15) is 40.0 Å². The van der Waals surface area contributed by atoms with Gasteiger partial charge in [-0.3, -0.25) is 19.5 Å². The number of fused-ring (bicyclic) bond motifs is 1. The molecule has 1 aromatic carbocycles. The highest BCUT2D eigenvalue weighted by atomic mass is 16.2. The largest absolute Gasteiger partial charge is 0.349 e. The molecule has 3 aromatic rings. The molecule has 146 valence electrons. The van der Waals surface area contributed by atoms with E-state index in [0.717, 1.165) is 17.4 Å². The Bertz CT molecular complexity index is 1230. The van der Waals surface area contributed by atoms with Crippen LogP contribution in [0.4, 0.5) is 5.69 Å². The molecule has 2 aromatic heterocycles. The second-order valence-corrected chi connectivity index (χ2v) is 6.96. The molecule has 4 rings (SSSR count). The highest BCUT2D eigenvalue weighted by Crippen LogP contribution is 2.21. The monoisotopic (exact) mass is 390 g/mol. The van der Waals surface area contributed by atoms with Crippen LogP contribution < -0.4 is 16.2 Å². The van der Waals surface area contributed by atoms with E-state index in [1.807, 2.05) is 6.07 Å². The van der Waals surface area contributed by atoms with Gasteiger partial charge in [0.15, 0.2) is 5.65 Å². The Labute approximate surface area is 165 Å². The van der Waals surface area contributed by atoms with Crippen LogP contribution in [0.3, 0.4) is 0 Å². The molecule has 1 saturated carbocycles. The zero-order valence-corrected chi connectivity index (χ0v) is 15.7. The number of benzene rings is 1. The van der Waals surface area contributed by atoms with Crippen molar-refractivity contribution in [3.8, 4) is 6.07 Å². The summed E-state index contributed by atoms with van der Waals surface area (Å²) >= 11 is 0. The number of amides is 2. The first kappa shape index (κ1) is 18.4. The number of aromatic amines is 1. The molecule has 0 aliphatic heterocycles. The van der Waals surface area contributed by atoms with Crippen molar-refractivity contribution in [3.63, 3.8) is 0 Å². The van der Waals surface area contributed by atoms with Crippen molar-refractivity contribution in [1.82, 2.24) is 19.9 Å². The molecule has 0 spiro atoms. The van der Waals surface area contributed by atoms with Gasteiger partial charge in [-0.15, -0.1) is 0 Å². The second kappa shape index (κ2) is 7.24. The lowest BCUT2D eigenvalue weighted by Crippen LogP contribution is -2.28. The molecule has 9 nitrogen and oxygen atoms in total. The molecular weight excluding hydrogens is 372 g/mol. The minimum Gasteiger partial charge on any atom is -0.349 e. The Morgan fingerprint density at radius 1 is 1.34 bits per heavy atom. The van der Waals surface area contributed by atoms with Crippen LogP contribution in [-0.4, -0.2) is 32.5 Å². The van der Waals surface area contributed by atoms with Crippen LogP contribution in [0, 0.1) is 18.3 Å². The number of nitriles is 1. The first-order valence-electron chi connectivity index (χ1n) is 9.17. The minimum atomic E-state index is -0.441. The predicted octanol–water partition coefficient (Wildman–Crippen LogP) is 1.28. The van der Waals surface area contributed by atoms with Crippen molar-refractivity contribution < 1.29 is 9.59 Å². The summed E-state index contributed by atoms with van der Waals surface area (Å²) in [5.41, 5.74) is 1.38. The van der Waals surface area contributed by atoms with Gasteiger partial charge in [0, 0.05) is 23.5 Å². The maximum atomic E-state index is 12.7. The summed E-state index contributed by atoms with van der Waals surface area (Å²) in [7, 11) is 0. The van der Waals surface area contributed by atoms with Crippen molar-refractivity contribution >= 4 is 23.1 Å². The van der Waals surface area contributed by atoms with E-state index < -0.39 is 11.5 Å². The zero-order chi connectivity index (χ0) is 20.5. The van der Waals surface area contributed by atoms with Gasteiger partial charge in [0.05, 0.1) is 17.7 Å². The Morgan fingerprint density at radius 3 is 2.83 bits per heavy atom. The molecule has 2 amide bonds. The average Bonchev–Trinajstić information content (AvgIpc) is 3.42. The first-order chi connectivity index (χ1) is 14.0. The third kappa shape index (κ3) is 3.60. The van der Waals surface area contributed by atoms with Crippen LogP contribution in [0.15, 0.2) is 35.3 Å². The van der Waals surface area contributed by atoms with E-state index in [1.165, 1.54) is 6.20 Å². The number of aromatic nitrogens is 3. The molecule has 0 atom stereocenters. The van der Waals surface area contributed by atoms with E-state index in [-0.39, 0.29) is 35.1 Å². The molecule has 0 saturated heterocycles. The fourth-order valence-corrected chi connectivity index (χ4v) is 3.08. The summed E-state index contributed by atoms with van der Waals surface area (Å²) < 4.78 is 1.14. The molecule has 29 heavy (non-hydrogen) atoms. The Balaban J connectivity index is 1.57. The van der Waals surface area contributed by atoms with Crippen LogP contribution in [0.25, 0.3) is 5.65 Å². The van der Waals surface area contributed by atoms with Crippen molar-refractivity contribution in [1.29, 1.82) is 5.26 Å². The zero-order valence-electron chi connectivity index (χ0n) is 15.7. The second-order valence-electron chi connectivity index (χ2n) is 6.96. The number of hydrogen-bond acceptors (Lipinski definition) is 5. The van der Waals surface area contributed by atoms with Gasteiger partial charge in [0.2, 0.25) is 5.91 Å². The predicted molar refractivity (Wildman–Crippen MR) is 105 cm³/mol. The van der Waals surface area contributed by atoms with Gasteiger partial charge in [-0.25, -0.2) is 9.50 Å². The fourth-order valence-electron chi connectivity index (χ4n) is 3.08. The topological polar surface area (TPSA) is 132 Å². The summed E-state index contributed by atoms with van der Waals surface area (Å²) in [6.07, 6.45) is 3.11. The van der Waals surface area contributed by atoms with Gasteiger partial charge in [-0.2, -0.15) is 5.26 Å². The van der Waals surface area contributed by atoms with Crippen molar-refractivity contribution in [2.45, 2.75) is 32.2 Å². The number of H-pyrrole nitrogens is 1. The molecular formula is C20H18N6O3. The summed E-state index contributed by atoms with van der Waals surface area (Å²) in [5, 5.41) is 17.4. The fraction of sp³-hybridized carbons (Fsp3) is 0.250. The van der Waals surface area contributed by atoms with Crippen molar-refractivity contribution in [3.05, 3.63) is 63.2 Å². The molecule has 1 aliphatic carbocycles. The smallest absolute Gasteiger partial charge is 0.276 e. The van der Waals surface area contributed by atoms with Gasteiger partial charge in [-0.05, 0) is 31.9 Å². The van der Waals surface area contributed by atoms with E-state index in [4.69, 9.17) is 5.26 Å². The summed E-state index contributed by atoms with van der Waals surface area (Å²) in [4.78, 5) is 42.0. The third-order valence-electron chi connectivity index (χ3n) is 4.78. The third-order valence-corrected chi connectivity index (χ3v) is 4.78. The van der Waals surface area contributed by atoms with Crippen molar-refractivity contribution in [2.75, 3.05) is 5.32 Å². The highest BCUT2D eigenvalue weighted by molar-refractivity contribution is 6.04. The Morgan fingerprint density at radius 2 is 2.10 bits per heavy atom. The maximum Gasteiger partial charge on any atom is 0.276 e. The molecule has 9 heteroatoms. The summed E-state index contributed by atoms with van der Waals surface area (Å²) in [6.45, 7) is 1.62. The number of aryl methyl sites for hydroxylation is 1. The van der Waals surface area contributed by atoms with Gasteiger partial charge in [-0.1, -0.05) is 12.1 Å². The molecule has 0 bridgehead atoms. The van der Waals surface area contributed by atoms with E-state index in [0.29, 0.717) is 16.9 Å². The van der Waals surface area contributed by atoms with Crippen LogP contribution >= 0.6 is 0 Å². The molecule has 2 heterocycles. The Kier molecular flexibility index (Phi) is 4.60. The molecule has 0 unspecified atom stereocenters. The van der Waals surface area contributed by atoms with Crippen LogP contribution in [0.2, 0.25) is 0 Å². The number of hydrogen-bond donors (Lipinski definition) is 3. The number of nitrogens with one attached hydrogen (secondary N) is 3. The standard InChI is InChI=1S/C20H18N6O3/c1-11-15(20(29)26-18(23-11)12(9-21)10-22-26)8-17(27)25-16-5-3-2-4-14(16)19(28)24-13-6-7-13/h2-5,10,13,22H,6-8H2,1H3,(H,24,28)(H,25,27). The lowest BCUT2D eigenvalue weighted by Gasteiger charge is -2.11. The maximum absolute atomic E-state index is 12.7. The number of nitrogens with zero attached hydrogens (tertiary/aromatic N) is 3. The summed E-state index contributed by atoms with van der Waals surface area (Å²) in [6, 6.07) is 8.90. The van der Waals surface area contributed by atoms with E-state index in [9.17, 15) is 14.4 Å². The lowest BCUT2D eigenvalue weighted by molar-refractivity contribution is -0.115. The molecule has 3 N–H and O–H groups in total. The van der Waals surface area contributed by atoms with Gasteiger partial charge in [0.1, 0.15) is 11.6 Å². The number of carbonyl (C=O) groups is 2. The van der Waals surface area contributed by atoms with Crippen LogP contribution in [-0.2, 0) is 11.2 Å². The normalized spacial score (nSPS) is 13.1. The van der Waals surface area contributed by atoms with Gasteiger partial charge < -0.3 is 10.6 Å². The van der Waals surface area contributed by atoms with Gasteiger partial charge in [0.25, 0.3) is 11.5 Å². The number of rotatable bonds is 5. The minimum absolute atomic E-state index is 0.200. The summed E-state index contributed by atoms with van der Waals surface area (Å²) in [5.74, 6) is -0.677. The Hall–Kier alpha value is -3.93. The molecule has 1 aliphatic rings.